The molecule has 4 rings (SSSR count). The molecule has 0 bridgehead atoms. The Morgan fingerprint density at radius 1 is 1.19 bits per heavy atom. The molecule has 5 nitrogen and oxygen atoms in total. The number of carbonyl (C=O) groups is 1. The highest BCUT2D eigenvalue weighted by Gasteiger charge is 2.36. The number of fused-ring (bicyclic) bond motifs is 1. The Hall–Kier alpha value is -2.66. The Bertz CT molecular complexity index is 860. The third kappa shape index (κ3) is 3.60. The van der Waals surface area contributed by atoms with Crippen LogP contribution in [0.15, 0.2) is 53.5 Å². The van der Waals surface area contributed by atoms with E-state index in [1.165, 1.54) is 17.7 Å². The van der Waals surface area contributed by atoms with Crippen LogP contribution in [0.4, 0.5) is 11.4 Å². The van der Waals surface area contributed by atoms with E-state index in [0.717, 1.165) is 35.8 Å². The van der Waals surface area contributed by atoms with Gasteiger partial charge in [0.1, 0.15) is 11.5 Å². The van der Waals surface area contributed by atoms with E-state index in [1.807, 2.05) is 53.4 Å². The molecule has 0 aromatic heterocycles. The van der Waals surface area contributed by atoms with Gasteiger partial charge in [-0.15, -0.1) is 0 Å². The van der Waals surface area contributed by atoms with E-state index < -0.39 is 0 Å². The zero-order valence-corrected chi connectivity index (χ0v) is 15.9. The molecule has 140 valence electrons. The van der Waals surface area contributed by atoms with Gasteiger partial charge in [-0.05, 0) is 43.2 Å². The van der Waals surface area contributed by atoms with Gasteiger partial charge in [0, 0.05) is 11.5 Å². The third-order valence-corrected chi connectivity index (χ3v) is 5.46. The summed E-state index contributed by atoms with van der Waals surface area (Å²) < 4.78 is 5.20. The van der Waals surface area contributed by atoms with Gasteiger partial charge >= 0.3 is 0 Å². The van der Waals surface area contributed by atoms with Gasteiger partial charge in [-0.2, -0.15) is 0 Å². The normalized spacial score (nSPS) is 23.6. The third-order valence-electron chi connectivity index (χ3n) is 5.46. The van der Waals surface area contributed by atoms with E-state index in [-0.39, 0.29) is 5.91 Å². The zero-order chi connectivity index (χ0) is 18.8. The summed E-state index contributed by atoms with van der Waals surface area (Å²) >= 11 is 0. The number of aliphatic imine (C=N–C) groups is 1. The van der Waals surface area contributed by atoms with Gasteiger partial charge in [0.25, 0.3) is 5.91 Å². The van der Waals surface area contributed by atoms with E-state index >= 15 is 0 Å². The van der Waals surface area contributed by atoms with E-state index in [2.05, 4.69) is 11.9 Å². The second-order valence-corrected chi connectivity index (χ2v) is 7.52. The van der Waals surface area contributed by atoms with Crippen molar-refractivity contribution in [2.75, 3.05) is 31.8 Å². The molecule has 1 saturated heterocycles. The summed E-state index contributed by atoms with van der Waals surface area (Å²) in [6, 6.07) is 15.5. The van der Waals surface area contributed by atoms with Crippen molar-refractivity contribution in [3.05, 3.63) is 54.1 Å². The number of carbonyl (C=O) groups excluding carboxylic acids is 1. The minimum Gasteiger partial charge on any atom is -0.497 e. The number of quaternary nitrogens is 1. The van der Waals surface area contributed by atoms with E-state index in [1.54, 1.807) is 7.11 Å². The van der Waals surface area contributed by atoms with Gasteiger partial charge in [-0.3, -0.25) is 9.69 Å². The van der Waals surface area contributed by atoms with E-state index in [4.69, 9.17) is 4.74 Å². The number of hydrogen-bond acceptors (Lipinski definition) is 3. The standard InChI is InChI=1S/C22H25N3O2/c1-16-6-5-13-24(14-16)15-25-20-8-4-3-7-19(20)21(22(25)26)23-17-9-11-18(27-2)12-10-17/h3-4,7-12,16H,5-6,13-15H2,1-2H3/p+1/t16-/m0/s1. The number of rotatable bonds is 4. The molecule has 2 aliphatic rings. The van der Waals surface area contributed by atoms with Gasteiger partial charge in [0.05, 0.1) is 31.6 Å². The number of ether oxygens (including phenoxy) is 1. The Balaban J connectivity index is 1.63. The molecule has 1 N–H and O–H groups in total. The molecule has 5 heteroatoms. The highest BCUT2D eigenvalue weighted by molar-refractivity contribution is 6.54. The first-order valence-electron chi connectivity index (χ1n) is 9.63. The van der Waals surface area contributed by atoms with Crippen LogP contribution in [0.2, 0.25) is 0 Å². The van der Waals surface area contributed by atoms with Crippen LogP contribution in [-0.2, 0) is 4.79 Å². The second kappa shape index (κ2) is 7.53. The maximum atomic E-state index is 13.2. The number of hydrogen-bond donors (Lipinski definition) is 1. The topological polar surface area (TPSA) is 46.3 Å². The lowest BCUT2D eigenvalue weighted by Crippen LogP contribution is -3.15. The molecule has 1 fully saturated rings. The van der Waals surface area contributed by atoms with Crippen LogP contribution in [0.25, 0.3) is 0 Å². The summed E-state index contributed by atoms with van der Waals surface area (Å²) in [4.78, 5) is 21.3. The van der Waals surface area contributed by atoms with Crippen molar-refractivity contribution in [3.8, 4) is 5.75 Å². The maximum Gasteiger partial charge on any atom is 0.281 e. The number of nitrogens with one attached hydrogen (secondary N) is 1. The van der Waals surface area contributed by atoms with E-state index in [0.29, 0.717) is 18.3 Å². The molecule has 0 aliphatic carbocycles. The predicted octanol–water partition coefficient (Wildman–Crippen LogP) is 2.43. The molecule has 1 amide bonds. The minimum atomic E-state index is -0.00209. The second-order valence-electron chi connectivity index (χ2n) is 7.52. The highest BCUT2D eigenvalue weighted by atomic mass is 16.5. The number of nitrogens with zero attached hydrogens (tertiary/aromatic N) is 2. The first-order valence-corrected chi connectivity index (χ1v) is 9.63. The first-order chi connectivity index (χ1) is 13.2. The molecule has 0 radical (unpaired) electrons. The summed E-state index contributed by atoms with van der Waals surface area (Å²) in [6.45, 7) is 5.26. The fraction of sp³-hybridized carbons (Fsp3) is 0.364. The summed E-state index contributed by atoms with van der Waals surface area (Å²) in [5, 5.41) is 0. The fourth-order valence-corrected chi connectivity index (χ4v) is 4.08. The molecule has 2 aromatic carbocycles. The summed E-state index contributed by atoms with van der Waals surface area (Å²) in [5.74, 6) is 1.49. The average molecular weight is 364 g/mol. The lowest BCUT2D eigenvalue weighted by atomic mass is 10.0. The number of piperidine rings is 1. The number of methoxy groups -OCH3 is 1. The SMILES string of the molecule is COc1ccc(N=C2C(=O)N(C[NH+]3CCC[C@H](C)C3)c3ccccc32)cc1. The number of amides is 1. The molecule has 2 atom stereocenters. The maximum absolute atomic E-state index is 13.2. The lowest BCUT2D eigenvalue weighted by molar-refractivity contribution is -0.907. The zero-order valence-electron chi connectivity index (χ0n) is 15.9. The fourth-order valence-electron chi connectivity index (χ4n) is 4.08. The van der Waals surface area contributed by atoms with Crippen LogP contribution >= 0.6 is 0 Å². The largest absolute Gasteiger partial charge is 0.497 e. The molecule has 0 saturated carbocycles. The van der Waals surface area contributed by atoms with Gasteiger partial charge < -0.3 is 9.64 Å². The molecular weight excluding hydrogens is 338 g/mol. The number of benzene rings is 2. The summed E-state index contributed by atoms with van der Waals surface area (Å²) in [6.07, 6.45) is 2.52. The van der Waals surface area contributed by atoms with Crippen LogP contribution in [0.3, 0.4) is 0 Å². The monoisotopic (exact) mass is 364 g/mol. The molecule has 2 aromatic rings. The van der Waals surface area contributed by atoms with Crippen LogP contribution in [0.1, 0.15) is 25.3 Å². The molecule has 2 aliphatic heterocycles. The quantitative estimate of drug-likeness (QED) is 0.906. The number of para-hydroxylation sites is 1. The Morgan fingerprint density at radius 3 is 2.70 bits per heavy atom. The van der Waals surface area contributed by atoms with Gasteiger partial charge in [-0.1, -0.05) is 25.1 Å². The Labute approximate surface area is 160 Å². The average Bonchev–Trinajstić information content (AvgIpc) is 2.95. The molecule has 0 spiro atoms. The smallest absolute Gasteiger partial charge is 0.281 e. The lowest BCUT2D eigenvalue weighted by Gasteiger charge is -2.31. The molecule has 1 unspecified atom stereocenters. The van der Waals surface area contributed by atoms with E-state index in [9.17, 15) is 4.79 Å². The van der Waals surface area contributed by atoms with Crippen molar-refractivity contribution in [1.29, 1.82) is 0 Å². The van der Waals surface area contributed by atoms with Crippen LogP contribution in [0.5, 0.6) is 5.75 Å². The van der Waals surface area contributed by atoms with Crippen molar-refractivity contribution in [3.63, 3.8) is 0 Å². The Kier molecular flexibility index (Phi) is 4.94. The van der Waals surface area contributed by atoms with Crippen molar-refractivity contribution in [2.45, 2.75) is 19.8 Å². The van der Waals surface area contributed by atoms with Crippen molar-refractivity contribution < 1.29 is 14.4 Å². The number of likely N-dealkylation sites (tertiary alicyclic amines) is 1. The molecule has 2 heterocycles. The van der Waals surface area contributed by atoms with Gasteiger partial charge in [0.2, 0.25) is 0 Å². The van der Waals surface area contributed by atoms with Crippen molar-refractivity contribution in [1.82, 2.24) is 0 Å². The van der Waals surface area contributed by atoms with Crippen molar-refractivity contribution >= 4 is 23.0 Å². The highest BCUT2D eigenvalue weighted by Crippen LogP contribution is 2.30. The summed E-state index contributed by atoms with van der Waals surface area (Å²) in [7, 11) is 1.64. The first kappa shape index (κ1) is 17.7. The minimum absolute atomic E-state index is 0.00209. The van der Waals surface area contributed by atoms with Crippen LogP contribution in [0, 0.1) is 5.92 Å². The Morgan fingerprint density at radius 2 is 1.96 bits per heavy atom. The van der Waals surface area contributed by atoms with Crippen LogP contribution < -0.4 is 14.5 Å². The summed E-state index contributed by atoms with van der Waals surface area (Å²) in [5.41, 5.74) is 3.18. The van der Waals surface area contributed by atoms with Crippen molar-refractivity contribution in [2.24, 2.45) is 10.9 Å². The predicted molar refractivity (Wildman–Crippen MR) is 107 cm³/mol. The van der Waals surface area contributed by atoms with Gasteiger partial charge in [0.15, 0.2) is 6.67 Å². The molecule has 27 heavy (non-hydrogen) atoms. The van der Waals surface area contributed by atoms with Crippen LogP contribution in [-0.4, -0.2) is 38.5 Å². The molecular formula is C22H26N3O2+. The van der Waals surface area contributed by atoms with Gasteiger partial charge in [-0.25, -0.2) is 4.99 Å². The number of anilines is 1.